The first-order valence-corrected chi connectivity index (χ1v) is 6.56. The van der Waals surface area contributed by atoms with E-state index in [1.54, 1.807) is 0 Å². The smallest absolute Gasteiger partial charge is 0.289 e. The third kappa shape index (κ3) is 9.11. The molecule has 0 unspecified atom stereocenters. The van der Waals surface area contributed by atoms with Crippen molar-refractivity contribution in [2.24, 2.45) is 0 Å². The number of hydrogen-bond acceptors (Lipinski definition) is 3. The van der Waals surface area contributed by atoms with Crippen molar-refractivity contribution in [2.45, 2.75) is 31.9 Å². The standard InChI is InChI=1S/C9H15F3OS2/c10-9(11,12)8(13)7-15-6-4-2-1-3-5-14/h14H,1-7H2. The predicted molar refractivity (Wildman–Crippen MR) is 60.7 cm³/mol. The summed E-state index contributed by atoms with van der Waals surface area (Å²) < 4.78 is 35.3. The van der Waals surface area contributed by atoms with E-state index in [1.165, 1.54) is 0 Å². The molecule has 0 atom stereocenters. The third-order valence-corrected chi connectivity index (χ3v) is 3.11. The molecule has 0 amide bonds. The lowest BCUT2D eigenvalue weighted by atomic mass is 10.2. The van der Waals surface area contributed by atoms with Crippen LogP contribution in [0.5, 0.6) is 0 Å². The normalized spacial score (nSPS) is 11.7. The molecule has 0 aliphatic heterocycles. The number of hydrogen-bond donors (Lipinski definition) is 1. The van der Waals surface area contributed by atoms with E-state index in [0.29, 0.717) is 5.75 Å². The van der Waals surface area contributed by atoms with E-state index in [-0.39, 0.29) is 0 Å². The van der Waals surface area contributed by atoms with E-state index >= 15 is 0 Å². The van der Waals surface area contributed by atoms with Crippen LogP contribution in [0.2, 0.25) is 0 Å². The first-order valence-electron chi connectivity index (χ1n) is 4.77. The highest BCUT2D eigenvalue weighted by molar-refractivity contribution is 7.99. The Balaban J connectivity index is 3.28. The number of thiol groups is 1. The van der Waals surface area contributed by atoms with Crippen molar-refractivity contribution in [1.82, 2.24) is 0 Å². The van der Waals surface area contributed by atoms with Crippen molar-refractivity contribution in [3.05, 3.63) is 0 Å². The van der Waals surface area contributed by atoms with E-state index in [0.717, 1.165) is 43.2 Å². The molecule has 0 heterocycles. The third-order valence-electron chi connectivity index (χ3n) is 1.75. The van der Waals surface area contributed by atoms with Crippen LogP contribution in [0.4, 0.5) is 13.2 Å². The van der Waals surface area contributed by atoms with Crippen molar-refractivity contribution < 1.29 is 18.0 Å². The molecule has 0 saturated carbocycles. The van der Waals surface area contributed by atoms with Gasteiger partial charge < -0.3 is 0 Å². The number of carbonyl (C=O) groups excluding carboxylic acids is 1. The fourth-order valence-corrected chi connectivity index (χ4v) is 2.04. The fraction of sp³-hybridized carbons (Fsp3) is 0.889. The number of alkyl halides is 3. The summed E-state index contributed by atoms with van der Waals surface area (Å²) in [6.45, 7) is 0. The molecule has 0 bridgehead atoms. The number of unbranched alkanes of at least 4 members (excludes halogenated alkanes) is 3. The number of thioether (sulfide) groups is 1. The number of ketones is 1. The van der Waals surface area contributed by atoms with Gasteiger partial charge >= 0.3 is 6.18 Å². The Bertz CT molecular complexity index is 183. The second-order valence-electron chi connectivity index (χ2n) is 3.11. The van der Waals surface area contributed by atoms with Crippen molar-refractivity contribution >= 4 is 30.2 Å². The summed E-state index contributed by atoms with van der Waals surface area (Å²) in [6.07, 6.45) is -0.719. The van der Waals surface area contributed by atoms with Crippen LogP contribution in [0.1, 0.15) is 25.7 Å². The molecular formula is C9H15F3OS2. The summed E-state index contributed by atoms with van der Waals surface area (Å²) in [5.41, 5.74) is 0. The largest absolute Gasteiger partial charge is 0.450 e. The molecule has 0 rings (SSSR count). The van der Waals surface area contributed by atoms with Crippen LogP contribution in [0.25, 0.3) is 0 Å². The van der Waals surface area contributed by atoms with Crippen LogP contribution in [-0.2, 0) is 4.79 Å². The van der Waals surface area contributed by atoms with Crippen LogP contribution < -0.4 is 0 Å². The van der Waals surface area contributed by atoms with E-state index in [1.807, 2.05) is 0 Å². The summed E-state index contributed by atoms with van der Waals surface area (Å²) in [5, 5.41) is 0. The van der Waals surface area contributed by atoms with Crippen molar-refractivity contribution in [3.8, 4) is 0 Å². The molecule has 0 aromatic rings. The molecule has 1 nitrogen and oxygen atoms in total. The molecule has 0 N–H and O–H groups in total. The Labute approximate surface area is 97.6 Å². The van der Waals surface area contributed by atoms with E-state index in [4.69, 9.17) is 0 Å². The molecule has 0 aromatic carbocycles. The zero-order valence-electron chi connectivity index (χ0n) is 8.35. The topological polar surface area (TPSA) is 17.1 Å². The molecule has 15 heavy (non-hydrogen) atoms. The number of rotatable bonds is 8. The molecule has 0 saturated heterocycles. The maximum absolute atomic E-state index is 11.8. The van der Waals surface area contributed by atoms with E-state index < -0.39 is 17.7 Å². The molecular weight excluding hydrogens is 245 g/mol. The molecule has 0 aliphatic rings. The van der Waals surface area contributed by atoms with Crippen LogP contribution in [0, 0.1) is 0 Å². The highest BCUT2D eigenvalue weighted by Crippen LogP contribution is 2.19. The zero-order valence-corrected chi connectivity index (χ0v) is 10.1. The van der Waals surface area contributed by atoms with Gasteiger partial charge in [-0.25, -0.2) is 0 Å². The minimum Gasteiger partial charge on any atom is -0.289 e. The summed E-state index contributed by atoms with van der Waals surface area (Å²) >= 11 is 5.11. The van der Waals surface area contributed by atoms with Gasteiger partial charge in [-0.15, -0.1) is 0 Å². The lowest BCUT2D eigenvalue weighted by molar-refractivity contribution is -0.167. The Morgan fingerprint density at radius 3 is 2.27 bits per heavy atom. The summed E-state index contributed by atoms with van der Waals surface area (Å²) in [5.74, 6) is -0.618. The second kappa shape index (κ2) is 8.33. The Hall–Kier alpha value is 0.160. The Kier molecular flexibility index (Phi) is 8.42. The van der Waals surface area contributed by atoms with Crippen LogP contribution >= 0.6 is 24.4 Å². The maximum Gasteiger partial charge on any atom is 0.450 e. The minimum absolute atomic E-state index is 0.448. The molecule has 0 radical (unpaired) electrons. The van der Waals surface area contributed by atoms with E-state index in [2.05, 4.69) is 12.6 Å². The van der Waals surface area contributed by atoms with Gasteiger partial charge in [-0.1, -0.05) is 12.8 Å². The molecule has 0 aliphatic carbocycles. The van der Waals surface area contributed by atoms with Crippen molar-refractivity contribution in [1.29, 1.82) is 0 Å². The number of carbonyl (C=O) groups is 1. The van der Waals surface area contributed by atoms with Crippen molar-refractivity contribution in [3.63, 3.8) is 0 Å². The van der Waals surface area contributed by atoms with Crippen LogP contribution in [0.15, 0.2) is 0 Å². The lowest BCUT2D eigenvalue weighted by Crippen LogP contribution is -2.24. The van der Waals surface area contributed by atoms with Gasteiger partial charge in [0.15, 0.2) is 0 Å². The Morgan fingerprint density at radius 1 is 1.13 bits per heavy atom. The van der Waals surface area contributed by atoms with Gasteiger partial charge in [0.1, 0.15) is 0 Å². The number of halogens is 3. The average molecular weight is 260 g/mol. The zero-order chi connectivity index (χ0) is 11.7. The van der Waals surface area contributed by atoms with Gasteiger partial charge in [0.05, 0.1) is 5.75 Å². The van der Waals surface area contributed by atoms with Gasteiger partial charge in [-0.2, -0.15) is 37.6 Å². The van der Waals surface area contributed by atoms with Gasteiger partial charge in [-0.05, 0) is 24.3 Å². The van der Waals surface area contributed by atoms with Crippen LogP contribution in [-0.4, -0.2) is 29.2 Å². The second-order valence-corrected chi connectivity index (χ2v) is 4.66. The highest BCUT2D eigenvalue weighted by Gasteiger charge is 2.37. The maximum atomic E-state index is 11.8. The minimum atomic E-state index is -4.67. The average Bonchev–Trinajstić information content (AvgIpc) is 2.14. The molecule has 0 fully saturated rings. The molecule has 90 valence electrons. The highest BCUT2D eigenvalue weighted by atomic mass is 32.2. The summed E-state index contributed by atoms with van der Waals surface area (Å²) in [6, 6.07) is 0. The molecule has 0 aromatic heterocycles. The predicted octanol–water partition coefficient (Wildman–Crippen LogP) is 3.34. The van der Waals surface area contributed by atoms with Gasteiger partial charge in [0, 0.05) is 0 Å². The van der Waals surface area contributed by atoms with Crippen molar-refractivity contribution in [2.75, 3.05) is 17.3 Å². The summed E-state index contributed by atoms with van der Waals surface area (Å²) in [7, 11) is 0. The van der Waals surface area contributed by atoms with Gasteiger partial charge in [-0.3, -0.25) is 4.79 Å². The van der Waals surface area contributed by atoms with Gasteiger partial charge in [0.2, 0.25) is 5.78 Å². The quantitative estimate of drug-likeness (QED) is 0.532. The summed E-state index contributed by atoms with van der Waals surface area (Å²) in [4.78, 5) is 10.4. The van der Waals surface area contributed by atoms with Crippen LogP contribution in [0.3, 0.4) is 0 Å². The Morgan fingerprint density at radius 2 is 1.73 bits per heavy atom. The fourth-order valence-electron chi connectivity index (χ4n) is 0.916. The lowest BCUT2D eigenvalue weighted by Gasteiger charge is -2.04. The molecule has 6 heteroatoms. The first kappa shape index (κ1) is 15.2. The van der Waals surface area contributed by atoms with Gasteiger partial charge in [0.25, 0.3) is 0 Å². The number of Topliss-reactive ketones (excluding diaryl/α,β-unsaturated/α-hetero) is 1. The monoisotopic (exact) mass is 260 g/mol. The first-order chi connectivity index (χ1) is 6.98. The SMILES string of the molecule is O=C(CSCCCCCCS)C(F)(F)F. The van der Waals surface area contributed by atoms with E-state index in [9.17, 15) is 18.0 Å². The molecule has 0 spiro atoms.